The molecule has 2 aromatic rings. The van der Waals surface area contributed by atoms with Crippen LogP contribution in [0.25, 0.3) is 0 Å². The van der Waals surface area contributed by atoms with Gasteiger partial charge in [-0.3, -0.25) is 9.69 Å². The maximum absolute atomic E-state index is 13.0. The quantitative estimate of drug-likeness (QED) is 0.863. The summed E-state index contributed by atoms with van der Waals surface area (Å²) in [5.74, 6) is -0.0903. The Morgan fingerprint density at radius 2 is 1.83 bits per heavy atom. The lowest BCUT2D eigenvalue weighted by atomic mass is 10.0. The van der Waals surface area contributed by atoms with E-state index in [1.807, 2.05) is 42.3 Å². The van der Waals surface area contributed by atoms with E-state index in [2.05, 4.69) is 4.90 Å². The lowest BCUT2D eigenvalue weighted by Gasteiger charge is -2.37. The fourth-order valence-electron chi connectivity index (χ4n) is 3.12. The van der Waals surface area contributed by atoms with Gasteiger partial charge in [0.2, 0.25) is 5.91 Å². The number of nitrogens with zero attached hydrogens (tertiary/aromatic N) is 2. The predicted molar refractivity (Wildman–Crippen MR) is 89.7 cm³/mol. The third-order valence-corrected chi connectivity index (χ3v) is 4.36. The molecule has 0 spiro atoms. The first-order chi connectivity index (χ1) is 11.1. The molecule has 1 atom stereocenters. The molecule has 1 heterocycles. The summed E-state index contributed by atoms with van der Waals surface area (Å²) < 4.78 is 13.0. The molecule has 1 unspecified atom stereocenters. The molecule has 1 saturated heterocycles. The minimum atomic E-state index is -0.236. The molecule has 1 amide bonds. The monoisotopic (exact) mass is 312 g/mol. The van der Waals surface area contributed by atoms with E-state index < -0.39 is 0 Å². The molecule has 0 aromatic heterocycles. The van der Waals surface area contributed by atoms with Crippen LogP contribution >= 0.6 is 0 Å². The molecule has 4 heteroatoms. The molecule has 23 heavy (non-hydrogen) atoms. The Morgan fingerprint density at radius 3 is 2.52 bits per heavy atom. The number of amides is 1. The molecule has 1 aliphatic heterocycles. The van der Waals surface area contributed by atoms with Gasteiger partial charge in [-0.1, -0.05) is 30.3 Å². The molecule has 3 nitrogen and oxygen atoms in total. The number of anilines is 1. The number of rotatable bonds is 4. The van der Waals surface area contributed by atoms with Crippen LogP contribution in [0.4, 0.5) is 10.1 Å². The van der Waals surface area contributed by atoms with E-state index in [1.165, 1.54) is 12.1 Å². The Hall–Kier alpha value is -2.20. The van der Waals surface area contributed by atoms with E-state index in [4.69, 9.17) is 0 Å². The van der Waals surface area contributed by atoms with Crippen molar-refractivity contribution in [1.82, 2.24) is 4.90 Å². The van der Waals surface area contributed by atoms with Gasteiger partial charge in [0.05, 0.1) is 6.04 Å². The standard InChI is InChI=1S/C19H21FN2O/c1-21(14-15-9-11-16(20)12-10-15)18-8-5-13-22(19(18)23)17-6-3-2-4-7-17/h2-4,6-7,9-12,18H,5,8,13-14H2,1H3. The first kappa shape index (κ1) is 15.7. The minimum absolute atomic E-state index is 0.131. The highest BCUT2D eigenvalue weighted by molar-refractivity contribution is 5.97. The van der Waals surface area contributed by atoms with Crippen molar-refractivity contribution in [3.63, 3.8) is 0 Å². The van der Waals surface area contributed by atoms with E-state index >= 15 is 0 Å². The Bertz CT molecular complexity index is 657. The maximum atomic E-state index is 13.0. The highest BCUT2D eigenvalue weighted by Gasteiger charge is 2.32. The van der Waals surface area contributed by atoms with Crippen molar-refractivity contribution in [1.29, 1.82) is 0 Å². The number of piperidine rings is 1. The molecule has 0 saturated carbocycles. The van der Waals surface area contributed by atoms with Gasteiger partial charge in [-0.05, 0) is 49.7 Å². The normalized spacial score (nSPS) is 18.5. The number of carbonyl (C=O) groups excluding carboxylic acids is 1. The summed E-state index contributed by atoms with van der Waals surface area (Å²) in [6.45, 7) is 1.41. The number of hydrogen-bond acceptors (Lipinski definition) is 2. The summed E-state index contributed by atoms with van der Waals surface area (Å²) in [7, 11) is 1.96. The van der Waals surface area contributed by atoms with Crippen LogP contribution in [-0.2, 0) is 11.3 Å². The lowest BCUT2D eigenvalue weighted by molar-refractivity contribution is -0.125. The zero-order chi connectivity index (χ0) is 16.2. The van der Waals surface area contributed by atoms with E-state index in [0.717, 1.165) is 30.6 Å². The van der Waals surface area contributed by atoms with Crippen molar-refractivity contribution in [2.45, 2.75) is 25.4 Å². The summed E-state index contributed by atoms with van der Waals surface area (Å²) in [4.78, 5) is 16.8. The van der Waals surface area contributed by atoms with Gasteiger partial charge in [0.25, 0.3) is 0 Å². The molecule has 0 bridgehead atoms. The van der Waals surface area contributed by atoms with Gasteiger partial charge in [-0.2, -0.15) is 0 Å². The molecule has 3 rings (SSSR count). The van der Waals surface area contributed by atoms with E-state index in [9.17, 15) is 9.18 Å². The van der Waals surface area contributed by atoms with Crippen LogP contribution in [0.15, 0.2) is 54.6 Å². The lowest BCUT2D eigenvalue weighted by Crippen LogP contribution is -2.51. The summed E-state index contributed by atoms with van der Waals surface area (Å²) >= 11 is 0. The van der Waals surface area contributed by atoms with E-state index in [0.29, 0.717) is 6.54 Å². The molecule has 120 valence electrons. The molecule has 0 radical (unpaired) electrons. The molecule has 0 aliphatic carbocycles. The molecule has 1 aliphatic rings. The van der Waals surface area contributed by atoms with Crippen molar-refractivity contribution in [2.75, 3.05) is 18.5 Å². The van der Waals surface area contributed by atoms with Crippen LogP contribution in [0, 0.1) is 5.82 Å². The van der Waals surface area contributed by atoms with Crippen LogP contribution in [0.1, 0.15) is 18.4 Å². The average molecular weight is 312 g/mol. The van der Waals surface area contributed by atoms with Crippen molar-refractivity contribution in [3.05, 3.63) is 66.0 Å². The van der Waals surface area contributed by atoms with Gasteiger partial charge >= 0.3 is 0 Å². The highest BCUT2D eigenvalue weighted by Crippen LogP contribution is 2.23. The number of benzene rings is 2. The fourth-order valence-corrected chi connectivity index (χ4v) is 3.12. The smallest absolute Gasteiger partial charge is 0.244 e. The van der Waals surface area contributed by atoms with Crippen molar-refractivity contribution >= 4 is 11.6 Å². The second-order valence-electron chi connectivity index (χ2n) is 6.03. The third-order valence-electron chi connectivity index (χ3n) is 4.36. The van der Waals surface area contributed by atoms with Crippen LogP contribution in [0.3, 0.4) is 0 Å². The largest absolute Gasteiger partial charge is 0.311 e. The number of hydrogen-bond donors (Lipinski definition) is 0. The number of halogens is 1. The van der Waals surface area contributed by atoms with E-state index in [-0.39, 0.29) is 17.8 Å². The van der Waals surface area contributed by atoms with Crippen LogP contribution in [0.2, 0.25) is 0 Å². The van der Waals surface area contributed by atoms with Crippen molar-refractivity contribution < 1.29 is 9.18 Å². The van der Waals surface area contributed by atoms with Gasteiger partial charge in [-0.25, -0.2) is 4.39 Å². The minimum Gasteiger partial charge on any atom is -0.311 e. The van der Waals surface area contributed by atoms with Crippen molar-refractivity contribution in [2.24, 2.45) is 0 Å². The summed E-state index contributed by atoms with van der Waals surface area (Å²) in [6.07, 6.45) is 1.85. The van der Waals surface area contributed by atoms with Crippen LogP contribution < -0.4 is 4.90 Å². The van der Waals surface area contributed by atoms with Crippen LogP contribution in [0.5, 0.6) is 0 Å². The summed E-state index contributed by atoms with van der Waals surface area (Å²) in [6, 6.07) is 16.1. The summed E-state index contributed by atoms with van der Waals surface area (Å²) in [5, 5.41) is 0. The zero-order valence-electron chi connectivity index (χ0n) is 13.3. The molecular formula is C19H21FN2O. The Morgan fingerprint density at radius 1 is 1.13 bits per heavy atom. The molecule has 0 N–H and O–H groups in total. The number of carbonyl (C=O) groups is 1. The second kappa shape index (κ2) is 6.92. The highest BCUT2D eigenvalue weighted by atomic mass is 19.1. The number of likely N-dealkylation sites (N-methyl/N-ethyl adjacent to an activating group) is 1. The van der Waals surface area contributed by atoms with E-state index in [1.54, 1.807) is 12.1 Å². The zero-order valence-corrected chi connectivity index (χ0v) is 13.3. The molecular weight excluding hydrogens is 291 g/mol. The Balaban J connectivity index is 1.71. The third kappa shape index (κ3) is 3.59. The summed E-state index contributed by atoms with van der Waals surface area (Å²) in [5.41, 5.74) is 1.97. The van der Waals surface area contributed by atoms with Gasteiger partial charge in [0, 0.05) is 18.8 Å². The maximum Gasteiger partial charge on any atom is 0.244 e. The van der Waals surface area contributed by atoms with Gasteiger partial charge in [-0.15, -0.1) is 0 Å². The van der Waals surface area contributed by atoms with Crippen LogP contribution in [-0.4, -0.2) is 30.4 Å². The molecule has 2 aromatic carbocycles. The average Bonchev–Trinajstić information content (AvgIpc) is 2.58. The number of para-hydroxylation sites is 1. The predicted octanol–water partition coefficient (Wildman–Crippen LogP) is 3.45. The topological polar surface area (TPSA) is 23.6 Å². The molecule has 1 fully saturated rings. The fraction of sp³-hybridized carbons (Fsp3) is 0.316. The Labute approximate surface area is 136 Å². The first-order valence-electron chi connectivity index (χ1n) is 7.96. The van der Waals surface area contributed by atoms with Gasteiger partial charge in [0.15, 0.2) is 0 Å². The Kier molecular flexibility index (Phi) is 4.72. The SMILES string of the molecule is CN(Cc1ccc(F)cc1)C1CCCN(c2ccccc2)C1=O. The second-order valence-corrected chi connectivity index (χ2v) is 6.03. The first-order valence-corrected chi connectivity index (χ1v) is 7.96. The van der Waals surface area contributed by atoms with Gasteiger partial charge < -0.3 is 4.90 Å². The van der Waals surface area contributed by atoms with Gasteiger partial charge in [0.1, 0.15) is 5.82 Å². The van der Waals surface area contributed by atoms with Crippen molar-refractivity contribution in [3.8, 4) is 0 Å².